The molecule has 44 heavy (non-hydrogen) atoms. The summed E-state index contributed by atoms with van der Waals surface area (Å²) < 4.78 is 39.5. The number of rotatable bonds is 16. The number of benzene rings is 2. The van der Waals surface area contributed by atoms with Gasteiger partial charge in [-0.25, -0.2) is 13.2 Å². The summed E-state index contributed by atoms with van der Waals surface area (Å²) in [5, 5.41) is 13.3. The number of amides is 2. The molecule has 1 atom stereocenters. The van der Waals surface area contributed by atoms with Gasteiger partial charge in [0.05, 0.1) is 11.5 Å². The Morgan fingerprint density at radius 2 is 1.68 bits per heavy atom. The number of hydrogen-bond acceptors (Lipinski definition) is 8. The van der Waals surface area contributed by atoms with Crippen molar-refractivity contribution in [3.05, 3.63) is 78.1 Å². The van der Waals surface area contributed by atoms with Crippen molar-refractivity contribution in [1.82, 2.24) is 19.5 Å². The molecule has 238 valence electrons. The van der Waals surface area contributed by atoms with Crippen LogP contribution in [0.3, 0.4) is 0 Å². The third kappa shape index (κ3) is 9.07. The molecular weight excluding hydrogens is 582 g/mol. The van der Waals surface area contributed by atoms with Crippen molar-refractivity contribution in [1.29, 1.82) is 0 Å². The van der Waals surface area contributed by atoms with Crippen molar-refractivity contribution in [2.24, 2.45) is 5.92 Å². The summed E-state index contributed by atoms with van der Waals surface area (Å²) in [6.07, 6.45) is 5.75. The average molecular weight is 626 g/mol. The normalized spacial score (nSPS) is 13.3. The fraction of sp³-hybridized carbons (Fsp3) is 0.438. The number of ether oxygens (including phenoxy) is 2. The first-order chi connectivity index (χ1) is 21.2. The van der Waals surface area contributed by atoms with Gasteiger partial charge in [-0.05, 0) is 84.8 Å². The smallest absolute Gasteiger partial charge is 0.318 e. The van der Waals surface area contributed by atoms with Crippen LogP contribution in [0.1, 0.15) is 50.7 Å². The van der Waals surface area contributed by atoms with E-state index in [-0.39, 0.29) is 24.3 Å². The van der Waals surface area contributed by atoms with Gasteiger partial charge in [-0.2, -0.15) is 4.31 Å². The van der Waals surface area contributed by atoms with Gasteiger partial charge in [0, 0.05) is 50.3 Å². The molecular formula is C32H43N5O6S. The molecule has 1 aliphatic heterocycles. The maximum atomic E-state index is 13.6. The molecule has 3 aromatic rings. The third-order valence-corrected chi connectivity index (χ3v) is 9.46. The molecule has 11 nitrogen and oxygen atoms in total. The highest BCUT2D eigenvalue weighted by Crippen LogP contribution is 2.33. The predicted molar refractivity (Wildman–Crippen MR) is 168 cm³/mol. The van der Waals surface area contributed by atoms with Crippen LogP contribution in [0.2, 0.25) is 0 Å². The molecule has 2 heterocycles. The number of urea groups is 1. The molecule has 1 aromatic heterocycles. The number of fused-ring (bicyclic) bond motifs is 1. The number of nitrogens with one attached hydrogen (secondary N) is 1. The highest BCUT2D eigenvalue weighted by molar-refractivity contribution is 7.89. The van der Waals surface area contributed by atoms with Gasteiger partial charge < -0.3 is 30.5 Å². The maximum absolute atomic E-state index is 13.6. The van der Waals surface area contributed by atoms with Gasteiger partial charge in [0.15, 0.2) is 11.5 Å². The van der Waals surface area contributed by atoms with E-state index in [0.717, 1.165) is 11.1 Å². The fourth-order valence-corrected chi connectivity index (χ4v) is 6.63. The van der Waals surface area contributed by atoms with E-state index in [0.29, 0.717) is 75.0 Å². The molecule has 0 saturated heterocycles. The van der Waals surface area contributed by atoms with Crippen LogP contribution < -0.4 is 20.5 Å². The lowest BCUT2D eigenvalue weighted by Crippen LogP contribution is -2.43. The number of nitrogens with two attached hydrogens (primary N) is 1. The summed E-state index contributed by atoms with van der Waals surface area (Å²) >= 11 is 0. The molecule has 2 amide bonds. The molecule has 0 radical (unpaired) electrons. The van der Waals surface area contributed by atoms with Crippen LogP contribution in [0, 0.1) is 5.92 Å². The molecule has 4 N–H and O–H groups in total. The van der Waals surface area contributed by atoms with Gasteiger partial charge in [-0.1, -0.05) is 26.3 Å². The molecule has 0 unspecified atom stereocenters. The van der Waals surface area contributed by atoms with E-state index < -0.39 is 16.1 Å². The van der Waals surface area contributed by atoms with Gasteiger partial charge in [-0.3, -0.25) is 4.98 Å². The number of aromatic nitrogens is 1. The SMILES string of the molecule is CC(C)CCN([C@H](CO)CCCCNC(=O)N(Cc1ccncc1)Cc1ccc2c(c1)OCO2)S(=O)(=O)c1ccc(N)cc1. The number of aliphatic hydroxyl groups excluding tert-OH is 1. The monoisotopic (exact) mass is 625 g/mol. The summed E-state index contributed by atoms with van der Waals surface area (Å²) in [6.45, 7) is 5.42. The lowest BCUT2D eigenvalue weighted by atomic mass is 10.1. The molecule has 2 aromatic carbocycles. The Hall–Kier alpha value is -3.87. The Morgan fingerprint density at radius 3 is 2.39 bits per heavy atom. The number of aliphatic hydroxyl groups is 1. The van der Waals surface area contributed by atoms with Crippen molar-refractivity contribution in [3.63, 3.8) is 0 Å². The second-order valence-electron chi connectivity index (χ2n) is 11.3. The summed E-state index contributed by atoms with van der Waals surface area (Å²) in [4.78, 5) is 19.3. The molecule has 12 heteroatoms. The Kier molecular flexibility index (Phi) is 11.8. The minimum atomic E-state index is -3.84. The van der Waals surface area contributed by atoms with Crippen LogP contribution in [0.5, 0.6) is 11.5 Å². The van der Waals surface area contributed by atoms with E-state index in [1.165, 1.54) is 16.4 Å². The highest BCUT2D eigenvalue weighted by atomic mass is 32.2. The number of pyridine rings is 1. The van der Waals surface area contributed by atoms with Crippen molar-refractivity contribution in [2.45, 2.75) is 63.6 Å². The second kappa shape index (κ2) is 15.7. The zero-order valence-corrected chi connectivity index (χ0v) is 26.2. The fourth-order valence-electron chi connectivity index (χ4n) is 4.97. The zero-order chi connectivity index (χ0) is 31.5. The Morgan fingerprint density at radius 1 is 0.977 bits per heavy atom. The molecule has 0 saturated carbocycles. The second-order valence-corrected chi connectivity index (χ2v) is 13.2. The minimum absolute atomic E-state index is 0.151. The highest BCUT2D eigenvalue weighted by Gasteiger charge is 2.31. The first-order valence-corrected chi connectivity index (χ1v) is 16.4. The summed E-state index contributed by atoms with van der Waals surface area (Å²) in [7, 11) is -3.84. The van der Waals surface area contributed by atoms with Crippen molar-refractivity contribution < 1.29 is 27.8 Å². The lowest BCUT2D eigenvalue weighted by molar-refractivity contribution is 0.172. The van der Waals surface area contributed by atoms with Gasteiger partial charge in [0.25, 0.3) is 0 Å². The molecule has 0 bridgehead atoms. The van der Waals surface area contributed by atoms with Crippen molar-refractivity contribution in [2.75, 3.05) is 32.2 Å². The molecule has 0 spiro atoms. The van der Waals surface area contributed by atoms with E-state index in [9.17, 15) is 18.3 Å². The number of sulfonamides is 1. The largest absolute Gasteiger partial charge is 0.454 e. The molecule has 0 aliphatic carbocycles. The number of unbranched alkanes of at least 4 members (excludes halogenated alkanes) is 1. The predicted octanol–water partition coefficient (Wildman–Crippen LogP) is 4.37. The van der Waals surface area contributed by atoms with E-state index in [4.69, 9.17) is 15.2 Å². The van der Waals surface area contributed by atoms with E-state index in [1.807, 2.05) is 44.2 Å². The summed E-state index contributed by atoms with van der Waals surface area (Å²) in [5.41, 5.74) is 8.11. The van der Waals surface area contributed by atoms with Gasteiger partial charge in [-0.15, -0.1) is 0 Å². The quantitative estimate of drug-likeness (QED) is 0.157. The number of carbonyl (C=O) groups is 1. The van der Waals surface area contributed by atoms with E-state index in [1.54, 1.807) is 29.4 Å². The number of hydrogen-bond donors (Lipinski definition) is 3. The average Bonchev–Trinajstić information content (AvgIpc) is 3.48. The minimum Gasteiger partial charge on any atom is -0.454 e. The van der Waals surface area contributed by atoms with Crippen LogP contribution in [0.4, 0.5) is 10.5 Å². The topological polar surface area (TPSA) is 147 Å². The maximum Gasteiger partial charge on any atom is 0.318 e. The van der Waals surface area contributed by atoms with Gasteiger partial charge in [0.2, 0.25) is 16.8 Å². The van der Waals surface area contributed by atoms with Crippen molar-refractivity contribution in [3.8, 4) is 11.5 Å². The van der Waals surface area contributed by atoms with Crippen LogP contribution in [0.25, 0.3) is 0 Å². The van der Waals surface area contributed by atoms with E-state index in [2.05, 4.69) is 10.3 Å². The Balaban J connectivity index is 1.35. The van der Waals surface area contributed by atoms with Gasteiger partial charge in [0.1, 0.15) is 0 Å². The third-order valence-electron chi connectivity index (χ3n) is 7.49. The number of carbonyl (C=O) groups excluding carboxylic acids is 1. The molecule has 0 fully saturated rings. The Labute approximate surface area is 260 Å². The van der Waals surface area contributed by atoms with Crippen molar-refractivity contribution >= 4 is 21.7 Å². The molecule has 1 aliphatic rings. The lowest BCUT2D eigenvalue weighted by Gasteiger charge is -2.30. The number of anilines is 1. The Bertz CT molecular complexity index is 1450. The standard InChI is InChI=1S/C32H43N5O6S/c1-24(2)14-18-37(44(40,41)29-9-7-27(33)8-10-29)28(22-38)5-3-4-15-35-32(39)36(20-25-12-16-34-17-13-25)21-26-6-11-30-31(19-26)43-23-42-30/h6-13,16-17,19,24,28,38H,3-5,14-15,18,20-23,33H2,1-2H3,(H,35,39)/t28-/m0/s1. The van der Waals surface area contributed by atoms with Crippen LogP contribution in [-0.4, -0.2) is 66.3 Å². The summed E-state index contributed by atoms with van der Waals surface area (Å²) in [6, 6.07) is 14.7. The first kappa shape index (κ1) is 33.0. The van der Waals surface area contributed by atoms with E-state index >= 15 is 0 Å². The van der Waals surface area contributed by atoms with Crippen LogP contribution in [-0.2, 0) is 23.1 Å². The summed E-state index contributed by atoms with van der Waals surface area (Å²) in [5.74, 6) is 1.64. The number of nitrogens with zero attached hydrogens (tertiary/aromatic N) is 3. The van der Waals surface area contributed by atoms with Crippen LogP contribution in [0.15, 0.2) is 71.9 Å². The zero-order valence-electron chi connectivity index (χ0n) is 25.4. The molecule has 4 rings (SSSR count). The van der Waals surface area contributed by atoms with Crippen LogP contribution >= 0.6 is 0 Å². The number of nitrogen functional groups attached to an aromatic ring is 1. The van der Waals surface area contributed by atoms with Gasteiger partial charge >= 0.3 is 6.03 Å². The first-order valence-electron chi connectivity index (χ1n) is 15.0.